The highest BCUT2D eigenvalue weighted by molar-refractivity contribution is 7.91. The van der Waals surface area contributed by atoms with Crippen molar-refractivity contribution in [3.63, 3.8) is 0 Å². The van der Waals surface area contributed by atoms with Gasteiger partial charge in [-0.3, -0.25) is 11.3 Å². The summed E-state index contributed by atoms with van der Waals surface area (Å²) in [4.78, 5) is 0. The van der Waals surface area contributed by atoms with E-state index in [4.69, 9.17) is 5.84 Å². The van der Waals surface area contributed by atoms with Crippen LogP contribution < -0.4 is 11.3 Å². The minimum Gasteiger partial charge on any atom is -0.271 e. The van der Waals surface area contributed by atoms with Crippen LogP contribution in [-0.4, -0.2) is 26.0 Å². The summed E-state index contributed by atoms with van der Waals surface area (Å²) in [6.07, 6.45) is 5.26. The summed E-state index contributed by atoms with van der Waals surface area (Å²) in [6, 6.07) is 6.37. The van der Waals surface area contributed by atoms with Gasteiger partial charge in [0.15, 0.2) is 0 Å². The molecule has 1 aromatic rings. The van der Waals surface area contributed by atoms with Crippen molar-refractivity contribution >= 4 is 9.84 Å². The molecule has 0 spiro atoms. The van der Waals surface area contributed by atoms with Gasteiger partial charge in [0.25, 0.3) is 0 Å². The molecule has 0 amide bonds. The SMILES string of the molecule is CS(=O)(=O)C1CCCC(C(Cc2ccc(F)cc2)NN)C1. The predicted octanol–water partition coefficient (Wildman–Crippen LogP) is 1.80. The van der Waals surface area contributed by atoms with E-state index in [1.807, 2.05) is 0 Å². The lowest BCUT2D eigenvalue weighted by atomic mass is 9.81. The van der Waals surface area contributed by atoms with Crippen molar-refractivity contribution in [3.05, 3.63) is 35.6 Å². The molecule has 21 heavy (non-hydrogen) atoms. The van der Waals surface area contributed by atoms with Gasteiger partial charge < -0.3 is 0 Å². The molecule has 0 aliphatic heterocycles. The monoisotopic (exact) mass is 314 g/mol. The summed E-state index contributed by atoms with van der Waals surface area (Å²) < 4.78 is 36.4. The van der Waals surface area contributed by atoms with E-state index in [0.717, 1.165) is 24.8 Å². The number of halogens is 1. The van der Waals surface area contributed by atoms with Crippen LogP contribution in [0.25, 0.3) is 0 Å². The Kier molecular flexibility index (Phi) is 5.35. The average Bonchev–Trinajstić information content (AvgIpc) is 2.46. The fourth-order valence-electron chi connectivity index (χ4n) is 3.17. The minimum absolute atomic E-state index is 0.0139. The first-order valence-electron chi connectivity index (χ1n) is 7.29. The van der Waals surface area contributed by atoms with Crippen LogP contribution in [0.2, 0.25) is 0 Å². The number of benzene rings is 1. The molecule has 1 aliphatic carbocycles. The molecule has 3 N–H and O–H groups in total. The third-order valence-electron chi connectivity index (χ3n) is 4.42. The Bertz CT molecular complexity index is 560. The van der Waals surface area contributed by atoms with Crippen molar-refractivity contribution in [1.29, 1.82) is 0 Å². The van der Waals surface area contributed by atoms with Gasteiger partial charge in [-0.1, -0.05) is 18.6 Å². The topological polar surface area (TPSA) is 72.2 Å². The van der Waals surface area contributed by atoms with Crippen LogP contribution in [0.5, 0.6) is 0 Å². The van der Waals surface area contributed by atoms with Crippen molar-refractivity contribution in [1.82, 2.24) is 5.43 Å². The third kappa shape index (κ3) is 4.49. The largest absolute Gasteiger partial charge is 0.271 e. The molecule has 6 heteroatoms. The lowest BCUT2D eigenvalue weighted by Gasteiger charge is -2.33. The van der Waals surface area contributed by atoms with Crippen molar-refractivity contribution in [2.75, 3.05) is 6.26 Å². The number of sulfone groups is 1. The Hall–Kier alpha value is -0.980. The van der Waals surface area contributed by atoms with Crippen LogP contribution in [0.4, 0.5) is 4.39 Å². The summed E-state index contributed by atoms with van der Waals surface area (Å²) in [7, 11) is -3.00. The van der Waals surface area contributed by atoms with Gasteiger partial charge in [-0.15, -0.1) is 0 Å². The van der Waals surface area contributed by atoms with Gasteiger partial charge in [-0.05, 0) is 49.3 Å². The van der Waals surface area contributed by atoms with Crippen molar-refractivity contribution < 1.29 is 12.8 Å². The van der Waals surface area contributed by atoms with Gasteiger partial charge in [-0.25, -0.2) is 12.8 Å². The molecule has 118 valence electrons. The Morgan fingerprint density at radius 1 is 1.33 bits per heavy atom. The van der Waals surface area contributed by atoms with Gasteiger partial charge in [0.1, 0.15) is 15.7 Å². The second-order valence-electron chi connectivity index (χ2n) is 5.98. The van der Waals surface area contributed by atoms with Crippen LogP contribution >= 0.6 is 0 Å². The fourth-order valence-corrected chi connectivity index (χ4v) is 4.36. The van der Waals surface area contributed by atoms with Gasteiger partial charge in [0.05, 0.1) is 5.25 Å². The summed E-state index contributed by atoms with van der Waals surface area (Å²) >= 11 is 0. The standard InChI is InChI=1S/C15H23FN2O2S/c1-21(19,20)14-4-2-3-12(10-14)15(18-17)9-11-5-7-13(16)8-6-11/h5-8,12,14-15,18H,2-4,9-10,17H2,1H3. The van der Waals surface area contributed by atoms with Crippen LogP contribution in [0.3, 0.4) is 0 Å². The normalized spacial score (nSPS) is 24.7. The van der Waals surface area contributed by atoms with Gasteiger partial charge >= 0.3 is 0 Å². The van der Waals surface area contributed by atoms with Crippen molar-refractivity contribution in [3.8, 4) is 0 Å². The number of hydrogen-bond donors (Lipinski definition) is 2. The molecule has 0 bridgehead atoms. The van der Waals surface area contributed by atoms with Gasteiger partial charge in [0.2, 0.25) is 0 Å². The molecular weight excluding hydrogens is 291 g/mol. The maximum atomic E-state index is 12.9. The van der Waals surface area contributed by atoms with Crippen LogP contribution in [0, 0.1) is 11.7 Å². The molecule has 1 aromatic carbocycles. The molecule has 0 aromatic heterocycles. The Labute approximate surface area is 125 Å². The quantitative estimate of drug-likeness (QED) is 0.642. The summed E-state index contributed by atoms with van der Waals surface area (Å²) in [6.45, 7) is 0. The van der Waals surface area contributed by atoms with E-state index in [9.17, 15) is 12.8 Å². The Morgan fingerprint density at radius 2 is 2.00 bits per heavy atom. The highest BCUT2D eigenvalue weighted by Gasteiger charge is 2.32. The highest BCUT2D eigenvalue weighted by Crippen LogP contribution is 2.31. The van der Waals surface area contributed by atoms with Gasteiger partial charge in [0, 0.05) is 12.3 Å². The van der Waals surface area contributed by atoms with E-state index in [0.29, 0.717) is 12.8 Å². The van der Waals surface area contributed by atoms with Gasteiger partial charge in [-0.2, -0.15) is 0 Å². The van der Waals surface area contributed by atoms with E-state index in [-0.39, 0.29) is 23.0 Å². The number of hydrogen-bond acceptors (Lipinski definition) is 4. The summed E-state index contributed by atoms with van der Waals surface area (Å²) in [5.74, 6) is 5.63. The predicted molar refractivity (Wildman–Crippen MR) is 81.8 cm³/mol. The molecule has 0 radical (unpaired) electrons. The number of hydrazine groups is 1. The molecule has 1 aliphatic rings. The zero-order valence-corrected chi connectivity index (χ0v) is 13.1. The number of rotatable bonds is 5. The zero-order chi connectivity index (χ0) is 15.5. The van der Waals surface area contributed by atoms with E-state index in [1.165, 1.54) is 18.4 Å². The second-order valence-corrected chi connectivity index (χ2v) is 8.31. The highest BCUT2D eigenvalue weighted by atomic mass is 32.2. The van der Waals surface area contributed by atoms with Crippen molar-refractivity contribution in [2.45, 2.75) is 43.4 Å². The second kappa shape index (κ2) is 6.85. The number of nitrogens with one attached hydrogen (secondary N) is 1. The van der Waals surface area contributed by atoms with Crippen molar-refractivity contribution in [2.24, 2.45) is 11.8 Å². The van der Waals surface area contributed by atoms with E-state index >= 15 is 0 Å². The average molecular weight is 314 g/mol. The van der Waals surface area contributed by atoms with E-state index in [2.05, 4.69) is 5.43 Å². The molecule has 2 rings (SSSR count). The van der Waals surface area contributed by atoms with Crippen LogP contribution in [0.15, 0.2) is 24.3 Å². The number of nitrogens with two attached hydrogens (primary N) is 1. The van der Waals surface area contributed by atoms with Crippen LogP contribution in [-0.2, 0) is 16.3 Å². The molecule has 4 nitrogen and oxygen atoms in total. The third-order valence-corrected chi connectivity index (χ3v) is 6.06. The molecule has 3 unspecified atom stereocenters. The van der Waals surface area contributed by atoms with Crippen LogP contribution in [0.1, 0.15) is 31.2 Å². The first-order valence-corrected chi connectivity index (χ1v) is 9.25. The molecule has 3 atom stereocenters. The van der Waals surface area contributed by atoms with E-state index < -0.39 is 9.84 Å². The fraction of sp³-hybridized carbons (Fsp3) is 0.600. The molecule has 0 heterocycles. The zero-order valence-electron chi connectivity index (χ0n) is 12.3. The molecule has 1 fully saturated rings. The first-order chi connectivity index (χ1) is 9.90. The smallest absolute Gasteiger partial charge is 0.150 e. The summed E-state index contributed by atoms with van der Waals surface area (Å²) in [5.41, 5.74) is 3.82. The minimum atomic E-state index is -3.00. The maximum Gasteiger partial charge on any atom is 0.150 e. The Balaban J connectivity index is 2.04. The first kappa shape index (κ1) is 16.4. The lowest BCUT2D eigenvalue weighted by molar-refractivity contribution is 0.269. The molecule has 1 saturated carbocycles. The lowest BCUT2D eigenvalue weighted by Crippen LogP contribution is -2.45. The summed E-state index contributed by atoms with van der Waals surface area (Å²) in [5, 5.41) is -0.264. The molecule has 0 saturated heterocycles. The Morgan fingerprint density at radius 3 is 2.57 bits per heavy atom. The maximum absolute atomic E-state index is 12.9. The molecular formula is C15H23FN2O2S. The van der Waals surface area contributed by atoms with E-state index in [1.54, 1.807) is 12.1 Å².